The van der Waals surface area contributed by atoms with Gasteiger partial charge < -0.3 is 10.2 Å². The van der Waals surface area contributed by atoms with E-state index in [1.807, 2.05) is 6.07 Å². The largest absolute Gasteiger partial charge is 0.356 e. The molecule has 0 amide bonds. The maximum Gasteiger partial charge on any atom is 0.0468 e. The Kier molecular flexibility index (Phi) is 9.75. The van der Waals surface area contributed by atoms with Crippen molar-refractivity contribution < 1.29 is 0 Å². The highest BCUT2D eigenvalue weighted by Gasteiger charge is 2.17. The number of anilines is 5. The fraction of sp³-hybridized carbons (Fsp3) is 0. The second-order valence-corrected chi connectivity index (χ2v) is 13.9. The van der Waals surface area contributed by atoms with Gasteiger partial charge in [0.1, 0.15) is 0 Å². The molecule has 0 bridgehead atoms. The zero-order valence-corrected chi connectivity index (χ0v) is 31.0. The monoisotopic (exact) mass is 716 g/mol. The summed E-state index contributed by atoms with van der Waals surface area (Å²) in [6.07, 6.45) is 0. The number of rotatable bonds is 10. The maximum atomic E-state index is 3.57. The smallest absolute Gasteiger partial charge is 0.0468 e. The van der Waals surface area contributed by atoms with Gasteiger partial charge in [-0.05, 0) is 122 Å². The molecule has 0 aliphatic rings. The number of para-hydroxylation sites is 1. The summed E-state index contributed by atoms with van der Waals surface area (Å²) in [5.41, 5.74) is 17.3. The third kappa shape index (κ3) is 7.50. The minimum absolute atomic E-state index is 1.05. The molecule has 9 aromatic carbocycles. The Morgan fingerprint density at radius 3 is 1.18 bits per heavy atom. The van der Waals surface area contributed by atoms with E-state index in [1.54, 1.807) is 0 Å². The summed E-state index contributed by atoms with van der Waals surface area (Å²) in [4.78, 5) is 2.34. The maximum absolute atomic E-state index is 3.57. The lowest BCUT2D eigenvalue weighted by atomic mass is 9.92. The first kappa shape index (κ1) is 34.4. The number of benzene rings is 9. The van der Waals surface area contributed by atoms with E-state index in [2.05, 4.69) is 241 Å². The van der Waals surface area contributed by atoms with Crippen LogP contribution < -0.4 is 10.2 Å². The molecule has 0 saturated heterocycles. The molecule has 0 aliphatic heterocycles. The molecule has 9 aromatic rings. The minimum Gasteiger partial charge on any atom is -0.356 e. The van der Waals surface area contributed by atoms with E-state index >= 15 is 0 Å². The van der Waals surface area contributed by atoms with Gasteiger partial charge in [0.2, 0.25) is 0 Å². The van der Waals surface area contributed by atoms with Crippen LogP contribution >= 0.6 is 0 Å². The number of nitrogens with one attached hydrogen (secondary N) is 1. The van der Waals surface area contributed by atoms with Gasteiger partial charge in [0, 0.05) is 28.4 Å². The van der Waals surface area contributed by atoms with Gasteiger partial charge in [0.05, 0.1) is 0 Å². The first-order chi connectivity index (χ1) is 27.7. The molecule has 266 valence electrons. The van der Waals surface area contributed by atoms with Gasteiger partial charge in [-0.15, -0.1) is 0 Å². The SMILES string of the molecule is c1ccc(-c2ccc(Nc3ccc(-c4cccc(-c5ccc(N(c6ccccc6)c6ccc(-c7ccccc7)cc6)cc5-c5ccccc5)c4)cc3)cc2)cc1. The fourth-order valence-corrected chi connectivity index (χ4v) is 7.39. The highest BCUT2D eigenvalue weighted by atomic mass is 15.1. The Morgan fingerprint density at radius 1 is 0.232 bits per heavy atom. The molecular weight excluding hydrogens is 677 g/mol. The van der Waals surface area contributed by atoms with E-state index in [-0.39, 0.29) is 0 Å². The van der Waals surface area contributed by atoms with Crippen LogP contribution in [0.2, 0.25) is 0 Å². The van der Waals surface area contributed by atoms with Crippen LogP contribution in [0.5, 0.6) is 0 Å². The predicted molar refractivity (Wildman–Crippen MR) is 238 cm³/mol. The first-order valence-electron chi connectivity index (χ1n) is 19.1. The lowest BCUT2D eigenvalue weighted by molar-refractivity contribution is 1.28. The van der Waals surface area contributed by atoms with E-state index in [4.69, 9.17) is 0 Å². The number of hydrogen-bond acceptors (Lipinski definition) is 2. The molecule has 0 atom stereocenters. The highest BCUT2D eigenvalue weighted by molar-refractivity contribution is 5.90. The van der Waals surface area contributed by atoms with Crippen LogP contribution in [0.3, 0.4) is 0 Å². The van der Waals surface area contributed by atoms with Crippen LogP contribution in [0, 0.1) is 0 Å². The quantitative estimate of drug-likeness (QED) is 0.152. The van der Waals surface area contributed by atoms with Crippen molar-refractivity contribution in [3.8, 4) is 55.6 Å². The molecular formula is C54H40N2. The molecule has 0 unspecified atom stereocenters. The minimum atomic E-state index is 1.05. The van der Waals surface area contributed by atoms with E-state index in [0.29, 0.717) is 0 Å². The first-order valence-corrected chi connectivity index (χ1v) is 19.1. The molecule has 2 nitrogen and oxygen atoms in total. The molecule has 0 heterocycles. The van der Waals surface area contributed by atoms with Gasteiger partial charge in [-0.3, -0.25) is 0 Å². The van der Waals surface area contributed by atoms with Crippen molar-refractivity contribution in [2.24, 2.45) is 0 Å². The second kappa shape index (κ2) is 15.9. The van der Waals surface area contributed by atoms with Gasteiger partial charge in [0.15, 0.2) is 0 Å². The molecule has 2 heteroatoms. The molecule has 0 fully saturated rings. The van der Waals surface area contributed by atoms with E-state index in [1.165, 1.54) is 55.6 Å². The van der Waals surface area contributed by atoms with Crippen LogP contribution in [-0.2, 0) is 0 Å². The molecule has 0 saturated carbocycles. The van der Waals surface area contributed by atoms with Gasteiger partial charge >= 0.3 is 0 Å². The van der Waals surface area contributed by atoms with E-state index < -0.39 is 0 Å². The Bertz CT molecular complexity index is 2650. The summed E-state index contributed by atoms with van der Waals surface area (Å²) in [5.74, 6) is 0. The van der Waals surface area contributed by atoms with Crippen molar-refractivity contribution in [2.45, 2.75) is 0 Å². The molecule has 0 aromatic heterocycles. The fourth-order valence-electron chi connectivity index (χ4n) is 7.39. The van der Waals surface area contributed by atoms with E-state index in [9.17, 15) is 0 Å². The average Bonchev–Trinajstić information content (AvgIpc) is 3.28. The molecule has 0 spiro atoms. The molecule has 56 heavy (non-hydrogen) atoms. The molecule has 1 N–H and O–H groups in total. The van der Waals surface area contributed by atoms with Gasteiger partial charge in [-0.25, -0.2) is 0 Å². The Balaban J connectivity index is 1.03. The standard InChI is InChI=1S/C54H40N2/c1-5-14-40(15-6-1)42-24-30-48(31-25-42)55-49-32-26-44(27-33-49)46-20-13-21-47(38-46)53-37-36-52(39-54(53)45-18-9-3-10-19-45)56(50-22-11-4-12-23-50)51-34-28-43(29-35-51)41-16-7-2-8-17-41/h1-39,55H. The summed E-state index contributed by atoms with van der Waals surface area (Å²) >= 11 is 0. The summed E-state index contributed by atoms with van der Waals surface area (Å²) < 4.78 is 0. The molecule has 0 aliphatic carbocycles. The van der Waals surface area contributed by atoms with Crippen molar-refractivity contribution >= 4 is 28.4 Å². The van der Waals surface area contributed by atoms with Crippen molar-refractivity contribution in [1.82, 2.24) is 0 Å². The molecule has 9 rings (SSSR count). The summed E-state index contributed by atoms with van der Waals surface area (Å²) in [5, 5.41) is 3.57. The average molecular weight is 717 g/mol. The van der Waals surface area contributed by atoms with Crippen LogP contribution in [-0.4, -0.2) is 0 Å². The lowest BCUT2D eigenvalue weighted by Crippen LogP contribution is -2.10. The second-order valence-electron chi connectivity index (χ2n) is 13.9. The zero-order valence-electron chi connectivity index (χ0n) is 31.0. The summed E-state index contributed by atoms with van der Waals surface area (Å²) in [7, 11) is 0. The summed E-state index contributed by atoms with van der Waals surface area (Å²) in [6.45, 7) is 0. The zero-order chi connectivity index (χ0) is 37.5. The normalized spacial score (nSPS) is 10.9. The van der Waals surface area contributed by atoms with Crippen molar-refractivity contribution in [1.29, 1.82) is 0 Å². The topological polar surface area (TPSA) is 15.3 Å². The van der Waals surface area contributed by atoms with Crippen molar-refractivity contribution in [3.63, 3.8) is 0 Å². The van der Waals surface area contributed by atoms with Crippen molar-refractivity contribution in [3.05, 3.63) is 237 Å². The Morgan fingerprint density at radius 2 is 0.625 bits per heavy atom. The third-order valence-electron chi connectivity index (χ3n) is 10.3. The van der Waals surface area contributed by atoms with E-state index in [0.717, 1.165) is 28.4 Å². The van der Waals surface area contributed by atoms with Crippen molar-refractivity contribution in [2.75, 3.05) is 10.2 Å². The Hall–Kier alpha value is -7.42. The Labute approximate surface area is 329 Å². The predicted octanol–water partition coefficient (Wildman–Crippen LogP) is 15.2. The number of hydrogen-bond donors (Lipinski definition) is 1. The lowest BCUT2D eigenvalue weighted by Gasteiger charge is -2.27. The number of nitrogens with zero attached hydrogens (tertiary/aromatic N) is 1. The van der Waals surface area contributed by atoms with Gasteiger partial charge in [-0.2, -0.15) is 0 Å². The summed E-state index contributed by atoms with van der Waals surface area (Å²) in [6, 6.07) is 84.3. The van der Waals surface area contributed by atoms with Gasteiger partial charge in [0.25, 0.3) is 0 Å². The van der Waals surface area contributed by atoms with Crippen LogP contribution in [0.1, 0.15) is 0 Å². The van der Waals surface area contributed by atoms with Crippen LogP contribution in [0.4, 0.5) is 28.4 Å². The molecule has 0 radical (unpaired) electrons. The van der Waals surface area contributed by atoms with Gasteiger partial charge in [-0.1, -0.05) is 170 Å². The van der Waals surface area contributed by atoms with Crippen LogP contribution in [0.15, 0.2) is 237 Å². The third-order valence-corrected chi connectivity index (χ3v) is 10.3. The van der Waals surface area contributed by atoms with Crippen LogP contribution in [0.25, 0.3) is 55.6 Å². The highest BCUT2D eigenvalue weighted by Crippen LogP contribution is 2.41.